The Morgan fingerprint density at radius 3 is 2.57 bits per heavy atom. The Morgan fingerprint density at radius 1 is 1.14 bits per heavy atom. The fourth-order valence-electron chi connectivity index (χ4n) is 5.22. The van der Waals surface area contributed by atoms with E-state index >= 15 is 0 Å². The molecule has 0 spiro atoms. The van der Waals surface area contributed by atoms with Gasteiger partial charge in [-0.2, -0.15) is 0 Å². The predicted molar refractivity (Wildman–Crippen MR) is 143 cm³/mol. The molecule has 198 valence electrons. The van der Waals surface area contributed by atoms with E-state index in [9.17, 15) is 9.59 Å². The molecule has 3 aromatic rings. The summed E-state index contributed by atoms with van der Waals surface area (Å²) in [6, 6.07) is 8.45. The van der Waals surface area contributed by atoms with E-state index in [0.717, 1.165) is 46.3 Å². The lowest BCUT2D eigenvalue weighted by Crippen LogP contribution is -2.40. The summed E-state index contributed by atoms with van der Waals surface area (Å²) in [5, 5.41) is 8.71. The Morgan fingerprint density at radius 2 is 1.89 bits per heavy atom. The van der Waals surface area contributed by atoms with Crippen molar-refractivity contribution >= 4 is 23.1 Å². The first kappa shape index (κ1) is 26.6. The number of hydrogen-bond acceptors (Lipinski definition) is 6. The number of amides is 1. The highest BCUT2D eigenvalue weighted by atomic mass is 16.6. The highest BCUT2D eigenvalue weighted by molar-refractivity contribution is 5.80. The number of benzene rings is 2. The van der Waals surface area contributed by atoms with E-state index in [4.69, 9.17) is 9.47 Å². The second-order valence-corrected chi connectivity index (χ2v) is 10.7. The molecule has 0 bridgehead atoms. The number of esters is 1. The van der Waals surface area contributed by atoms with Crippen LogP contribution in [0.1, 0.15) is 80.3 Å². The predicted octanol–water partition coefficient (Wildman–Crippen LogP) is 5.45. The number of carbonyl (C=O) groups is 2. The topological polar surface area (TPSA) is 86.6 Å². The molecule has 0 fully saturated rings. The van der Waals surface area contributed by atoms with E-state index in [1.165, 1.54) is 11.1 Å². The largest absolute Gasteiger partial charge is 0.466 e. The summed E-state index contributed by atoms with van der Waals surface area (Å²) in [7, 11) is 0. The fraction of sp³-hybridized carbons (Fsp3) is 0.517. The number of carbonyl (C=O) groups excluding carboxylic acids is 2. The lowest BCUT2D eigenvalue weighted by molar-refractivity contribution is -0.143. The maximum atomic E-state index is 12.8. The first-order chi connectivity index (χ1) is 17.5. The second-order valence-electron chi connectivity index (χ2n) is 10.7. The number of nitrogens with zero attached hydrogens (tertiary/aromatic N) is 4. The summed E-state index contributed by atoms with van der Waals surface area (Å²) < 4.78 is 12.9. The van der Waals surface area contributed by atoms with Crippen molar-refractivity contribution in [2.45, 2.75) is 85.9 Å². The van der Waals surface area contributed by atoms with Crippen LogP contribution >= 0.6 is 0 Å². The number of aryl methyl sites for hydroxylation is 3. The van der Waals surface area contributed by atoms with Crippen molar-refractivity contribution in [2.24, 2.45) is 0 Å². The molecular weight excluding hydrogens is 468 g/mol. The fourth-order valence-corrected chi connectivity index (χ4v) is 5.22. The zero-order valence-electron chi connectivity index (χ0n) is 23.1. The molecule has 37 heavy (non-hydrogen) atoms. The Kier molecular flexibility index (Phi) is 7.57. The SMILES string of the molecule is CCOC(=O)CC(c1cc(C)c2c(c1)CN(C(=O)OC(C)(C)C)CC2)c1ccc2c(nnn2CC)c1C. The van der Waals surface area contributed by atoms with Crippen LogP contribution in [0.15, 0.2) is 24.3 Å². The van der Waals surface area contributed by atoms with Gasteiger partial charge in [0.05, 0.1) is 18.5 Å². The molecule has 0 aliphatic carbocycles. The zero-order chi connectivity index (χ0) is 26.9. The molecule has 2 aromatic carbocycles. The highest BCUT2D eigenvalue weighted by Gasteiger charge is 2.29. The van der Waals surface area contributed by atoms with Crippen molar-refractivity contribution in [2.75, 3.05) is 13.2 Å². The van der Waals surface area contributed by atoms with Gasteiger partial charge in [-0.1, -0.05) is 23.4 Å². The quantitative estimate of drug-likeness (QED) is 0.414. The van der Waals surface area contributed by atoms with Gasteiger partial charge in [-0.15, -0.1) is 5.10 Å². The number of hydrogen-bond donors (Lipinski definition) is 0. The molecule has 1 aliphatic heterocycles. The van der Waals surface area contributed by atoms with E-state index in [1.54, 1.807) is 4.90 Å². The van der Waals surface area contributed by atoms with Gasteiger partial charge in [0.1, 0.15) is 11.1 Å². The van der Waals surface area contributed by atoms with Gasteiger partial charge in [0.15, 0.2) is 0 Å². The standard InChI is InChI=1S/C29H38N4O4/c1-8-33-25-11-10-23(19(4)27(25)30-31-33)24(16-26(34)36-9-2)20-14-18(3)22-12-13-32(17-21(22)15-20)28(35)37-29(5,6)7/h10-11,14-15,24H,8-9,12-13,16-17H2,1-7H3. The minimum atomic E-state index is -0.546. The third-order valence-electron chi connectivity index (χ3n) is 6.97. The van der Waals surface area contributed by atoms with Gasteiger partial charge < -0.3 is 14.4 Å². The average Bonchev–Trinajstić information content (AvgIpc) is 3.26. The van der Waals surface area contributed by atoms with Crippen LogP contribution in [-0.4, -0.2) is 50.7 Å². The molecular formula is C29H38N4O4. The van der Waals surface area contributed by atoms with Gasteiger partial charge in [0.25, 0.3) is 0 Å². The number of rotatable bonds is 6. The molecule has 0 N–H and O–H groups in total. The summed E-state index contributed by atoms with van der Waals surface area (Å²) in [4.78, 5) is 27.3. The zero-order valence-corrected chi connectivity index (χ0v) is 23.1. The van der Waals surface area contributed by atoms with Crippen LogP contribution in [0, 0.1) is 13.8 Å². The van der Waals surface area contributed by atoms with Crippen LogP contribution in [0.25, 0.3) is 11.0 Å². The molecule has 1 aliphatic rings. The van der Waals surface area contributed by atoms with Crippen LogP contribution < -0.4 is 0 Å². The summed E-state index contributed by atoms with van der Waals surface area (Å²) in [5.41, 5.74) is 7.87. The van der Waals surface area contributed by atoms with Crippen LogP contribution in [0.5, 0.6) is 0 Å². The van der Waals surface area contributed by atoms with Crippen LogP contribution in [-0.2, 0) is 33.8 Å². The van der Waals surface area contributed by atoms with E-state index < -0.39 is 5.60 Å². The molecule has 1 aromatic heterocycles. The molecule has 8 nitrogen and oxygen atoms in total. The van der Waals surface area contributed by atoms with Gasteiger partial charge in [0.2, 0.25) is 0 Å². The van der Waals surface area contributed by atoms with Crippen LogP contribution in [0.3, 0.4) is 0 Å². The molecule has 4 rings (SSSR count). The van der Waals surface area contributed by atoms with Crippen molar-refractivity contribution in [3.8, 4) is 0 Å². The van der Waals surface area contributed by atoms with Gasteiger partial charge >= 0.3 is 12.1 Å². The van der Waals surface area contributed by atoms with Crippen molar-refractivity contribution < 1.29 is 19.1 Å². The van der Waals surface area contributed by atoms with Gasteiger partial charge in [-0.3, -0.25) is 4.79 Å². The summed E-state index contributed by atoms with van der Waals surface area (Å²) in [5.74, 6) is -0.453. The smallest absolute Gasteiger partial charge is 0.410 e. The maximum absolute atomic E-state index is 12.8. The molecule has 1 atom stereocenters. The number of fused-ring (bicyclic) bond motifs is 2. The summed E-state index contributed by atoms with van der Waals surface area (Å²) >= 11 is 0. The van der Waals surface area contributed by atoms with Crippen molar-refractivity contribution in [3.05, 3.63) is 57.6 Å². The lowest BCUT2D eigenvalue weighted by Gasteiger charge is -2.33. The number of ether oxygens (including phenoxy) is 2. The van der Waals surface area contributed by atoms with Gasteiger partial charge in [0, 0.05) is 25.6 Å². The third kappa shape index (κ3) is 5.63. The van der Waals surface area contributed by atoms with Crippen LogP contribution in [0.2, 0.25) is 0 Å². The van der Waals surface area contributed by atoms with E-state index in [1.807, 2.05) is 52.3 Å². The average molecular weight is 507 g/mol. The third-order valence-corrected chi connectivity index (χ3v) is 6.97. The van der Waals surface area contributed by atoms with Crippen molar-refractivity contribution in [1.82, 2.24) is 19.9 Å². The minimum Gasteiger partial charge on any atom is -0.466 e. The lowest BCUT2D eigenvalue weighted by atomic mass is 9.82. The second kappa shape index (κ2) is 10.5. The van der Waals surface area contributed by atoms with E-state index in [-0.39, 0.29) is 24.4 Å². The van der Waals surface area contributed by atoms with Gasteiger partial charge in [-0.05, 0) is 94.3 Å². The monoisotopic (exact) mass is 506 g/mol. The molecule has 8 heteroatoms. The molecule has 1 unspecified atom stereocenters. The van der Waals surface area contributed by atoms with Gasteiger partial charge in [-0.25, -0.2) is 9.48 Å². The normalized spacial score (nSPS) is 14.4. The molecule has 0 saturated carbocycles. The minimum absolute atomic E-state index is 0.212. The Labute approximate surface area is 218 Å². The summed E-state index contributed by atoms with van der Waals surface area (Å²) in [6.07, 6.45) is 0.689. The Hall–Kier alpha value is -3.42. The van der Waals surface area contributed by atoms with Crippen LogP contribution in [0.4, 0.5) is 4.79 Å². The molecule has 1 amide bonds. The number of aromatic nitrogens is 3. The first-order valence-electron chi connectivity index (χ1n) is 13.1. The van der Waals surface area contributed by atoms with E-state index in [2.05, 4.69) is 35.4 Å². The Balaban J connectivity index is 1.75. The van der Waals surface area contributed by atoms with Crippen molar-refractivity contribution in [1.29, 1.82) is 0 Å². The molecule has 2 heterocycles. The van der Waals surface area contributed by atoms with E-state index in [0.29, 0.717) is 19.7 Å². The Bertz CT molecular complexity index is 1320. The highest BCUT2D eigenvalue weighted by Crippen LogP contribution is 2.36. The summed E-state index contributed by atoms with van der Waals surface area (Å²) in [6.45, 7) is 15.8. The first-order valence-corrected chi connectivity index (χ1v) is 13.1. The molecule has 0 radical (unpaired) electrons. The molecule has 0 saturated heterocycles. The maximum Gasteiger partial charge on any atom is 0.410 e. The van der Waals surface area contributed by atoms with Crippen molar-refractivity contribution in [3.63, 3.8) is 0 Å².